The number of pyridine rings is 1. The maximum Gasteiger partial charge on any atom is 0.168 e. The fourth-order valence-electron chi connectivity index (χ4n) is 4.06. The Morgan fingerprint density at radius 3 is 1.16 bits per heavy atom. The Morgan fingerprint density at radius 2 is 0.920 bits per heavy atom. The number of aromatic nitrogens is 1. The van der Waals surface area contributed by atoms with Crippen LogP contribution in [0.5, 0.6) is 0 Å². The van der Waals surface area contributed by atoms with Gasteiger partial charge in [-0.15, -0.1) is 0 Å². The van der Waals surface area contributed by atoms with Crippen molar-refractivity contribution in [3.05, 3.63) is 30.6 Å². The molecule has 0 saturated carbocycles. The summed E-state index contributed by atoms with van der Waals surface area (Å²) >= 11 is 0. The van der Waals surface area contributed by atoms with Crippen molar-refractivity contribution >= 4 is 6.15 Å². The van der Waals surface area contributed by atoms with Crippen LogP contribution in [0.2, 0.25) is 25.3 Å². The van der Waals surface area contributed by atoms with Crippen molar-refractivity contribution in [2.24, 2.45) is 0 Å². The molecule has 0 aliphatic carbocycles. The summed E-state index contributed by atoms with van der Waals surface area (Å²) < 4.78 is 2.12. The molecule has 0 aliphatic heterocycles. The summed E-state index contributed by atoms with van der Waals surface area (Å²) in [6.45, 7) is 12.6. The van der Waals surface area contributed by atoms with Crippen molar-refractivity contribution in [3.63, 3.8) is 0 Å². The van der Waals surface area contributed by atoms with Gasteiger partial charge in [0.25, 0.3) is 0 Å². The van der Waals surface area contributed by atoms with Crippen LogP contribution >= 0.6 is 0 Å². The lowest BCUT2D eigenvalue weighted by Crippen LogP contribution is -2.33. The smallest absolute Gasteiger partial charge is 0.168 e. The topological polar surface area (TPSA) is 3.88 Å². The van der Waals surface area contributed by atoms with Crippen molar-refractivity contribution in [3.8, 4) is 0 Å². The van der Waals surface area contributed by atoms with E-state index in [9.17, 15) is 0 Å². The normalized spacial score (nSPS) is 11.1. The summed E-state index contributed by atoms with van der Waals surface area (Å²) in [4.78, 5) is 0. The molecule has 0 spiro atoms. The number of unbranched alkanes of at least 4 members (excludes halogenated alkanes) is 4. The van der Waals surface area contributed by atoms with Gasteiger partial charge < -0.3 is 0 Å². The first-order chi connectivity index (χ1) is 12.2. The van der Waals surface area contributed by atoms with Gasteiger partial charge in [-0.05, 0) is 6.92 Å². The Bertz CT molecular complexity index is 339. The molecule has 0 amide bonds. The third-order valence-electron chi connectivity index (χ3n) is 5.82. The largest absolute Gasteiger partial charge is 0.205 e. The first-order valence-electron chi connectivity index (χ1n) is 11.3. The maximum absolute atomic E-state index is 2.35. The molecule has 0 fully saturated rings. The minimum Gasteiger partial charge on any atom is -0.205 e. The molecule has 1 rings (SSSR count). The molecule has 1 aromatic heterocycles. The van der Waals surface area contributed by atoms with E-state index in [2.05, 4.69) is 51.6 Å². The second-order valence-corrected chi connectivity index (χ2v) is 8.01. The molecule has 0 aliphatic rings. The van der Waals surface area contributed by atoms with Crippen molar-refractivity contribution in [1.29, 1.82) is 0 Å². The highest BCUT2D eigenvalue weighted by atomic mass is 14.9. The van der Waals surface area contributed by atoms with Gasteiger partial charge in [0.1, 0.15) is 6.54 Å². The third kappa shape index (κ3) is 12.2. The average Bonchev–Trinajstić information content (AvgIpc) is 2.68. The number of nitrogens with zero attached hydrogens (tertiary/aromatic N) is 1. The zero-order valence-corrected chi connectivity index (χ0v) is 18.1. The zero-order valence-electron chi connectivity index (χ0n) is 18.1. The van der Waals surface area contributed by atoms with E-state index in [1.807, 2.05) is 18.2 Å². The first-order valence-corrected chi connectivity index (χ1v) is 11.3. The van der Waals surface area contributed by atoms with Crippen LogP contribution in [0.25, 0.3) is 0 Å². The van der Waals surface area contributed by atoms with Gasteiger partial charge in [0, 0.05) is 18.3 Å². The highest BCUT2D eigenvalue weighted by molar-refractivity contribution is 6.79. The second kappa shape index (κ2) is 16.7. The van der Waals surface area contributed by atoms with E-state index in [1.54, 1.807) is 25.3 Å². The van der Waals surface area contributed by atoms with Gasteiger partial charge in [-0.2, -0.15) is 25.3 Å². The molecule has 0 saturated heterocycles. The van der Waals surface area contributed by atoms with Crippen LogP contribution in [-0.2, 0) is 6.54 Å². The summed E-state index contributed by atoms with van der Waals surface area (Å²) in [7, 11) is 0. The van der Waals surface area contributed by atoms with E-state index in [0.717, 1.165) is 6.54 Å². The minimum atomic E-state index is -0.00722. The van der Waals surface area contributed by atoms with E-state index in [4.69, 9.17) is 0 Å². The van der Waals surface area contributed by atoms with Gasteiger partial charge in [-0.25, -0.2) is 4.57 Å². The molecular formula is C23H46BN. The SMILES string of the molecule is CCCC[B-](CCCC)(CCCC)CCCC.CC[n+]1ccccc1. The lowest BCUT2D eigenvalue weighted by atomic mass is 9.17. The summed E-state index contributed by atoms with van der Waals surface area (Å²) in [5.41, 5.74) is 0. The van der Waals surface area contributed by atoms with E-state index in [0.29, 0.717) is 0 Å². The highest BCUT2D eigenvalue weighted by Gasteiger charge is 2.22. The Morgan fingerprint density at radius 1 is 0.560 bits per heavy atom. The Labute approximate surface area is 159 Å². The highest BCUT2D eigenvalue weighted by Crippen LogP contribution is 2.33. The lowest BCUT2D eigenvalue weighted by molar-refractivity contribution is -0.693. The fourth-order valence-corrected chi connectivity index (χ4v) is 4.06. The molecule has 1 heterocycles. The Hall–Kier alpha value is -0.785. The second-order valence-electron chi connectivity index (χ2n) is 8.01. The van der Waals surface area contributed by atoms with E-state index < -0.39 is 0 Å². The Kier molecular flexibility index (Phi) is 16.1. The fraction of sp³-hybridized carbons (Fsp3) is 0.783. The van der Waals surface area contributed by atoms with Gasteiger partial charge in [0.2, 0.25) is 0 Å². The summed E-state index contributed by atoms with van der Waals surface area (Å²) in [6.07, 6.45) is 21.7. The number of hydrogen-bond acceptors (Lipinski definition) is 0. The monoisotopic (exact) mass is 347 g/mol. The first kappa shape index (κ1) is 24.2. The zero-order chi connectivity index (χ0) is 18.8. The van der Waals surface area contributed by atoms with Crippen molar-refractivity contribution in [2.75, 3.05) is 0 Å². The van der Waals surface area contributed by atoms with E-state index in [-0.39, 0.29) is 6.15 Å². The molecule has 25 heavy (non-hydrogen) atoms. The Balaban J connectivity index is 0.000000593. The maximum atomic E-state index is 2.35. The van der Waals surface area contributed by atoms with Gasteiger partial charge in [0.15, 0.2) is 12.4 Å². The van der Waals surface area contributed by atoms with Crippen molar-refractivity contribution < 1.29 is 4.57 Å². The van der Waals surface area contributed by atoms with E-state index in [1.165, 1.54) is 51.4 Å². The van der Waals surface area contributed by atoms with Crippen LogP contribution in [-0.4, -0.2) is 6.15 Å². The minimum absolute atomic E-state index is 0.00722. The van der Waals surface area contributed by atoms with Crippen LogP contribution in [0, 0.1) is 0 Å². The van der Waals surface area contributed by atoms with Gasteiger partial charge >= 0.3 is 0 Å². The molecule has 146 valence electrons. The lowest BCUT2D eigenvalue weighted by Gasteiger charge is -2.40. The predicted molar refractivity (Wildman–Crippen MR) is 117 cm³/mol. The summed E-state index contributed by atoms with van der Waals surface area (Å²) in [5.74, 6) is 0. The number of hydrogen-bond donors (Lipinski definition) is 0. The number of aryl methyl sites for hydroxylation is 1. The molecule has 0 bridgehead atoms. The molecular weight excluding hydrogens is 301 g/mol. The van der Waals surface area contributed by atoms with Gasteiger partial charge in [-0.3, -0.25) is 0 Å². The van der Waals surface area contributed by atoms with Crippen LogP contribution in [0.4, 0.5) is 0 Å². The van der Waals surface area contributed by atoms with Crippen LogP contribution in [0.1, 0.15) is 86.0 Å². The van der Waals surface area contributed by atoms with Crippen molar-refractivity contribution in [1.82, 2.24) is 0 Å². The molecule has 1 nitrogen and oxygen atoms in total. The quantitative estimate of drug-likeness (QED) is 0.255. The summed E-state index contributed by atoms with van der Waals surface area (Å²) in [5, 5.41) is 0. The average molecular weight is 347 g/mol. The van der Waals surface area contributed by atoms with Crippen LogP contribution in [0.3, 0.4) is 0 Å². The molecule has 2 heteroatoms. The van der Waals surface area contributed by atoms with Gasteiger partial charge in [0.05, 0.1) is 0 Å². The molecule has 0 radical (unpaired) electrons. The van der Waals surface area contributed by atoms with Gasteiger partial charge in [-0.1, -0.05) is 85.1 Å². The summed E-state index contributed by atoms with van der Waals surface area (Å²) in [6, 6.07) is 6.08. The number of rotatable bonds is 13. The molecule has 0 atom stereocenters. The molecule has 0 aromatic carbocycles. The standard InChI is InChI=1S/C16H36B.C7H10N/c1-5-9-13-17(14-10-6-2,15-11-7-3)16-12-8-4;1-2-8-6-4-3-5-7-8/h5-16H2,1-4H3;3-7H,2H2,1H3/q-1;+1. The predicted octanol–water partition coefficient (Wildman–Crippen LogP) is 7.63. The van der Waals surface area contributed by atoms with Crippen LogP contribution in [0.15, 0.2) is 30.6 Å². The van der Waals surface area contributed by atoms with E-state index >= 15 is 0 Å². The van der Waals surface area contributed by atoms with Crippen molar-refractivity contribution in [2.45, 2.75) is 118 Å². The molecule has 0 N–H and O–H groups in total. The van der Waals surface area contributed by atoms with Crippen LogP contribution < -0.4 is 4.57 Å². The molecule has 0 unspecified atom stereocenters. The third-order valence-corrected chi connectivity index (χ3v) is 5.82. The molecule has 1 aromatic rings.